The topological polar surface area (TPSA) is 67.6 Å². The van der Waals surface area contributed by atoms with Gasteiger partial charge in [-0.2, -0.15) is 0 Å². The van der Waals surface area contributed by atoms with Crippen LogP contribution in [0.1, 0.15) is 49.8 Å². The van der Waals surface area contributed by atoms with Crippen molar-refractivity contribution in [2.24, 2.45) is 23.9 Å². The van der Waals surface area contributed by atoms with Gasteiger partial charge in [0.25, 0.3) is 0 Å². The first-order chi connectivity index (χ1) is 15.0. The number of aliphatic imine (C=N–C) groups is 1. The van der Waals surface area contributed by atoms with Crippen LogP contribution < -0.4 is 10.1 Å². The molecule has 0 unspecified atom stereocenters. The lowest BCUT2D eigenvalue weighted by atomic mass is 9.83. The number of rotatable bonds is 8. The number of hydrogen-bond acceptors (Lipinski definition) is 4. The molecule has 32 heavy (non-hydrogen) atoms. The Morgan fingerprint density at radius 3 is 2.47 bits per heavy atom. The number of guanidine groups is 1. The molecule has 2 aromatic rings. The molecule has 1 heterocycles. The Bertz CT molecular complexity index is 843. The number of aryl methyl sites for hydroxylation is 1. The second-order valence-electron chi connectivity index (χ2n) is 8.89. The molecular formula is C24H39IN6O. The van der Waals surface area contributed by atoms with E-state index in [2.05, 4.69) is 46.5 Å². The Morgan fingerprint density at radius 1 is 1.19 bits per heavy atom. The van der Waals surface area contributed by atoms with E-state index in [9.17, 15) is 0 Å². The van der Waals surface area contributed by atoms with Crippen LogP contribution >= 0.6 is 24.0 Å². The van der Waals surface area contributed by atoms with E-state index in [-0.39, 0.29) is 24.0 Å². The smallest absolute Gasteiger partial charge is 0.194 e. The maximum absolute atomic E-state index is 5.25. The van der Waals surface area contributed by atoms with E-state index in [1.54, 1.807) is 7.11 Å². The molecule has 0 amide bonds. The Balaban J connectivity index is 0.00000363. The van der Waals surface area contributed by atoms with Crippen LogP contribution in [0.25, 0.3) is 0 Å². The van der Waals surface area contributed by atoms with Crippen molar-refractivity contribution in [2.45, 2.75) is 52.5 Å². The van der Waals surface area contributed by atoms with Crippen LogP contribution in [0.15, 0.2) is 29.3 Å². The van der Waals surface area contributed by atoms with Crippen molar-refractivity contribution in [2.75, 3.05) is 27.2 Å². The van der Waals surface area contributed by atoms with E-state index in [1.165, 1.54) is 31.2 Å². The fourth-order valence-corrected chi connectivity index (χ4v) is 4.14. The number of hydrogen-bond donors (Lipinski definition) is 1. The summed E-state index contributed by atoms with van der Waals surface area (Å²) in [6.07, 6.45) is 6.24. The van der Waals surface area contributed by atoms with Gasteiger partial charge in [-0.05, 0) is 55.7 Å². The molecule has 8 heteroatoms. The van der Waals surface area contributed by atoms with Gasteiger partial charge in [0.2, 0.25) is 0 Å². The zero-order chi connectivity index (χ0) is 22.2. The predicted molar refractivity (Wildman–Crippen MR) is 141 cm³/mol. The lowest BCUT2D eigenvalue weighted by Gasteiger charge is -2.31. The summed E-state index contributed by atoms with van der Waals surface area (Å²) in [7, 11) is 5.84. The van der Waals surface area contributed by atoms with Crippen LogP contribution in [0.4, 0.5) is 0 Å². The normalized spacial score (nSPS) is 18.7. The fraction of sp³-hybridized carbons (Fsp3) is 0.625. The van der Waals surface area contributed by atoms with Crippen LogP contribution in [0.5, 0.6) is 5.75 Å². The SMILES string of the molecule is COc1ccc(CCNC(=NCc2nnc(C)n2C)N(C)CC2CCC(C)CC2)cc1.I. The summed E-state index contributed by atoms with van der Waals surface area (Å²) in [6, 6.07) is 8.26. The van der Waals surface area contributed by atoms with Crippen LogP contribution in [-0.2, 0) is 20.0 Å². The van der Waals surface area contributed by atoms with E-state index in [0.29, 0.717) is 6.54 Å². The average Bonchev–Trinajstić information content (AvgIpc) is 3.10. The van der Waals surface area contributed by atoms with Gasteiger partial charge in [-0.3, -0.25) is 0 Å². The summed E-state index contributed by atoms with van der Waals surface area (Å²) >= 11 is 0. The summed E-state index contributed by atoms with van der Waals surface area (Å²) in [6.45, 7) is 6.73. The van der Waals surface area contributed by atoms with Gasteiger partial charge in [0.1, 0.15) is 18.1 Å². The molecule has 1 N–H and O–H groups in total. The fourth-order valence-electron chi connectivity index (χ4n) is 4.14. The molecule has 0 atom stereocenters. The number of benzene rings is 1. The summed E-state index contributed by atoms with van der Waals surface area (Å²) in [5.74, 6) is 5.23. The van der Waals surface area contributed by atoms with Gasteiger partial charge in [0.05, 0.1) is 7.11 Å². The molecule has 1 aromatic heterocycles. The molecule has 0 bridgehead atoms. The highest BCUT2D eigenvalue weighted by Crippen LogP contribution is 2.28. The van der Waals surface area contributed by atoms with Gasteiger partial charge in [-0.25, -0.2) is 4.99 Å². The minimum Gasteiger partial charge on any atom is -0.497 e. The molecule has 7 nitrogen and oxygen atoms in total. The highest BCUT2D eigenvalue weighted by atomic mass is 127. The molecule has 0 saturated heterocycles. The van der Waals surface area contributed by atoms with Crippen molar-refractivity contribution < 1.29 is 4.74 Å². The number of ether oxygens (including phenoxy) is 1. The maximum Gasteiger partial charge on any atom is 0.194 e. The second kappa shape index (κ2) is 13.0. The van der Waals surface area contributed by atoms with Gasteiger partial charge >= 0.3 is 0 Å². The largest absolute Gasteiger partial charge is 0.497 e. The molecule has 178 valence electrons. The number of aromatic nitrogens is 3. The van der Waals surface area contributed by atoms with E-state index in [4.69, 9.17) is 9.73 Å². The van der Waals surface area contributed by atoms with Gasteiger partial charge in [0, 0.05) is 27.2 Å². The molecule has 3 rings (SSSR count). The molecule has 0 spiro atoms. The number of halogens is 1. The zero-order valence-corrected chi connectivity index (χ0v) is 22.5. The zero-order valence-electron chi connectivity index (χ0n) is 20.2. The van der Waals surface area contributed by atoms with Crippen LogP contribution in [0.2, 0.25) is 0 Å². The Labute approximate surface area is 210 Å². The summed E-state index contributed by atoms with van der Waals surface area (Å²) < 4.78 is 7.25. The van der Waals surface area contributed by atoms with Crippen molar-refractivity contribution >= 4 is 29.9 Å². The monoisotopic (exact) mass is 554 g/mol. The van der Waals surface area contributed by atoms with E-state index < -0.39 is 0 Å². The number of nitrogens with one attached hydrogen (secondary N) is 1. The van der Waals surface area contributed by atoms with Crippen LogP contribution in [-0.4, -0.2) is 52.9 Å². The van der Waals surface area contributed by atoms with Gasteiger partial charge in [-0.15, -0.1) is 34.2 Å². The third-order valence-corrected chi connectivity index (χ3v) is 6.44. The lowest BCUT2D eigenvalue weighted by Crippen LogP contribution is -2.42. The van der Waals surface area contributed by atoms with Gasteiger partial charge in [0.15, 0.2) is 11.8 Å². The van der Waals surface area contributed by atoms with E-state index in [1.807, 2.05) is 30.7 Å². The molecule has 0 radical (unpaired) electrons. The third kappa shape index (κ3) is 7.64. The molecule has 1 aliphatic rings. The minimum atomic E-state index is 0. The van der Waals surface area contributed by atoms with Crippen molar-refractivity contribution in [1.29, 1.82) is 0 Å². The molecule has 1 fully saturated rings. The highest BCUT2D eigenvalue weighted by Gasteiger charge is 2.21. The second-order valence-corrected chi connectivity index (χ2v) is 8.89. The Morgan fingerprint density at radius 2 is 1.88 bits per heavy atom. The Hall–Kier alpha value is -1.84. The summed E-state index contributed by atoms with van der Waals surface area (Å²) in [5, 5.41) is 12.0. The van der Waals surface area contributed by atoms with Crippen molar-refractivity contribution in [3.63, 3.8) is 0 Å². The van der Waals surface area contributed by atoms with Crippen molar-refractivity contribution in [1.82, 2.24) is 25.0 Å². The molecule has 0 aliphatic heterocycles. The quantitative estimate of drug-likeness (QED) is 0.301. The third-order valence-electron chi connectivity index (χ3n) is 6.44. The summed E-state index contributed by atoms with van der Waals surface area (Å²) in [4.78, 5) is 7.18. The number of methoxy groups -OCH3 is 1. The standard InChI is InChI=1S/C24H38N6O.HI/c1-18-6-8-21(9-7-18)17-29(3)24(26-16-23-28-27-19(2)30(23)4)25-15-14-20-10-12-22(31-5)13-11-20;/h10-13,18,21H,6-9,14-17H2,1-5H3,(H,25,26);1H. The predicted octanol–water partition coefficient (Wildman–Crippen LogP) is 4.20. The van der Waals surface area contributed by atoms with E-state index in [0.717, 1.165) is 54.7 Å². The summed E-state index contributed by atoms with van der Waals surface area (Å²) in [5.41, 5.74) is 1.28. The van der Waals surface area contributed by atoms with Crippen molar-refractivity contribution in [3.8, 4) is 5.75 Å². The highest BCUT2D eigenvalue weighted by molar-refractivity contribution is 14.0. The maximum atomic E-state index is 5.25. The first-order valence-electron chi connectivity index (χ1n) is 11.4. The molecular weight excluding hydrogens is 515 g/mol. The van der Waals surface area contributed by atoms with Crippen LogP contribution in [0, 0.1) is 18.8 Å². The minimum absolute atomic E-state index is 0. The Kier molecular flexibility index (Phi) is 10.7. The van der Waals surface area contributed by atoms with Crippen LogP contribution in [0.3, 0.4) is 0 Å². The number of nitrogens with zero attached hydrogens (tertiary/aromatic N) is 5. The molecule has 1 aliphatic carbocycles. The van der Waals surface area contributed by atoms with Gasteiger partial charge < -0.3 is 19.5 Å². The lowest BCUT2D eigenvalue weighted by molar-refractivity contribution is 0.250. The first-order valence-corrected chi connectivity index (χ1v) is 11.4. The molecule has 1 saturated carbocycles. The average molecular weight is 555 g/mol. The van der Waals surface area contributed by atoms with Crippen molar-refractivity contribution in [3.05, 3.63) is 41.5 Å². The molecule has 1 aromatic carbocycles. The van der Waals surface area contributed by atoms with E-state index >= 15 is 0 Å². The first kappa shape index (κ1) is 26.4. The van der Waals surface area contributed by atoms with Gasteiger partial charge in [-0.1, -0.05) is 31.9 Å².